The van der Waals surface area contributed by atoms with E-state index in [9.17, 15) is 4.79 Å². The third-order valence-electron chi connectivity index (χ3n) is 3.73. The number of amides is 1. The average molecular weight is 369 g/mol. The maximum atomic E-state index is 12.6. The molecule has 134 valence electrons. The van der Waals surface area contributed by atoms with Crippen LogP contribution in [-0.4, -0.2) is 46.2 Å². The minimum absolute atomic E-state index is 0.0199. The number of benzene rings is 1. The predicted octanol–water partition coefficient (Wildman–Crippen LogP) is 2.59. The van der Waals surface area contributed by atoms with Crippen LogP contribution in [0.25, 0.3) is 11.4 Å². The lowest BCUT2D eigenvalue weighted by atomic mass is 10.1. The van der Waals surface area contributed by atoms with Crippen LogP contribution in [0.15, 0.2) is 42.0 Å². The van der Waals surface area contributed by atoms with E-state index in [1.54, 1.807) is 13.1 Å². The lowest BCUT2D eigenvalue weighted by molar-refractivity contribution is 0.0993. The van der Waals surface area contributed by atoms with Crippen molar-refractivity contribution in [2.45, 2.75) is 6.92 Å². The van der Waals surface area contributed by atoms with Crippen LogP contribution in [-0.2, 0) is 0 Å². The quantitative estimate of drug-likeness (QED) is 0.694. The number of aromatic nitrogens is 3. The van der Waals surface area contributed by atoms with Crippen molar-refractivity contribution in [2.24, 2.45) is 0 Å². The van der Waals surface area contributed by atoms with Crippen LogP contribution in [0.5, 0.6) is 0 Å². The molecule has 0 radical (unpaired) electrons. The van der Waals surface area contributed by atoms with Crippen molar-refractivity contribution in [2.75, 3.05) is 30.4 Å². The molecule has 0 bridgehead atoms. The molecule has 3 aromatic rings. The fraction of sp³-hybridized carbons (Fsp3) is 0.222. The first kappa shape index (κ1) is 18.0. The smallest absolute Gasteiger partial charge is 0.259 e. The van der Waals surface area contributed by atoms with Crippen molar-refractivity contribution < 1.29 is 9.90 Å². The van der Waals surface area contributed by atoms with E-state index in [4.69, 9.17) is 5.11 Å². The minimum Gasteiger partial charge on any atom is -0.395 e. The average Bonchev–Trinajstić information content (AvgIpc) is 3.16. The van der Waals surface area contributed by atoms with Crippen LogP contribution in [0.4, 0.5) is 10.9 Å². The summed E-state index contributed by atoms with van der Waals surface area (Å²) in [5.74, 6) is 0.501. The van der Waals surface area contributed by atoms with Crippen molar-refractivity contribution in [3.8, 4) is 11.4 Å². The number of hydrogen-bond donors (Lipinski definition) is 2. The topological polar surface area (TPSA) is 91.2 Å². The first-order valence-corrected chi connectivity index (χ1v) is 8.94. The molecule has 7 nitrogen and oxygen atoms in total. The van der Waals surface area contributed by atoms with Crippen LogP contribution >= 0.6 is 11.3 Å². The molecule has 0 atom stereocenters. The summed E-state index contributed by atoms with van der Waals surface area (Å²) >= 11 is 1.38. The summed E-state index contributed by atoms with van der Waals surface area (Å²) < 4.78 is 0. The molecule has 0 aliphatic rings. The highest BCUT2D eigenvalue weighted by Crippen LogP contribution is 2.27. The molecular weight excluding hydrogens is 350 g/mol. The lowest BCUT2D eigenvalue weighted by Gasteiger charge is -2.13. The van der Waals surface area contributed by atoms with Gasteiger partial charge in [-0.15, -0.1) is 11.3 Å². The minimum atomic E-state index is -0.112. The van der Waals surface area contributed by atoms with Gasteiger partial charge in [-0.3, -0.25) is 9.69 Å². The Kier molecular flexibility index (Phi) is 5.55. The summed E-state index contributed by atoms with van der Waals surface area (Å²) in [4.78, 5) is 27.0. The van der Waals surface area contributed by atoms with Gasteiger partial charge in [0, 0.05) is 30.6 Å². The molecule has 8 heteroatoms. The number of nitrogens with one attached hydrogen (secondary N) is 1. The largest absolute Gasteiger partial charge is 0.395 e. The van der Waals surface area contributed by atoms with Crippen molar-refractivity contribution >= 4 is 28.2 Å². The molecule has 0 saturated carbocycles. The molecule has 0 aliphatic heterocycles. The van der Waals surface area contributed by atoms with Crippen LogP contribution < -0.4 is 10.2 Å². The molecule has 0 aliphatic carbocycles. The second kappa shape index (κ2) is 8.03. The van der Waals surface area contributed by atoms with Crippen molar-refractivity contribution in [1.29, 1.82) is 0 Å². The van der Waals surface area contributed by atoms with Gasteiger partial charge in [0.25, 0.3) is 5.91 Å². The zero-order valence-corrected chi connectivity index (χ0v) is 15.3. The van der Waals surface area contributed by atoms with Crippen LogP contribution in [0.2, 0.25) is 0 Å². The Labute approximate surface area is 155 Å². The van der Waals surface area contributed by atoms with Crippen LogP contribution in [0.3, 0.4) is 0 Å². The van der Waals surface area contributed by atoms with E-state index in [0.29, 0.717) is 34.4 Å². The molecule has 0 spiro atoms. The number of anilines is 2. The normalized spacial score (nSPS) is 10.6. The van der Waals surface area contributed by atoms with Crippen LogP contribution in [0.1, 0.15) is 15.9 Å². The number of aliphatic hydroxyl groups excluding tert-OH is 1. The van der Waals surface area contributed by atoms with E-state index >= 15 is 0 Å². The predicted molar refractivity (Wildman–Crippen MR) is 103 cm³/mol. The molecule has 0 saturated heterocycles. The maximum absolute atomic E-state index is 12.6. The molecule has 0 fully saturated rings. The van der Waals surface area contributed by atoms with Gasteiger partial charge < -0.3 is 10.4 Å². The van der Waals surface area contributed by atoms with Gasteiger partial charge in [-0.05, 0) is 19.1 Å². The molecular formula is C18H19N5O2S. The van der Waals surface area contributed by atoms with Crippen molar-refractivity contribution in [3.05, 3.63) is 53.2 Å². The van der Waals surface area contributed by atoms with Gasteiger partial charge in [-0.25, -0.2) is 15.0 Å². The summed E-state index contributed by atoms with van der Waals surface area (Å²) in [5, 5.41) is 14.3. The monoisotopic (exact) mass is 369 g/mol. The Morgan fingerprint density at radius 1 is 1.23 bits per heavy atom. The molecule has 1 aromatic carbocycles. The Bertz CT molecular complexity index is 895. The highest BCUT2D eigenvalue weighted by Gasteiger charge is 2.17. The lowest BCUT2D eigenvalue weighted by Crippen LogP contribution is -2.26. The fourth-order valence-electron chi connectivity index (χ4n) is 2.29. The van der Waals surface area contributed by atoms with E-state index in [-0.39, 0.29) is 12.5 Å². The second-order valence-corrected chi connectivity index (χ2v) is 6.52. The Morgan fingerprint density at radius 3 is 2.73 bits per heavy atom. The Hall–Kier alpha value is -2.84. The number of nitrogens with zero attached hydrogens (tertiary/aromatic N) is 4. The number of thiazole rings is 1. The SMILES string of the molecule is Cc1ccc(C(=O)N(C)c2nc(-c3cc(NCCO)ncn3)cs2)cc1. The third kappa shape index (κ3) is 4.04. The summed E-state index contributed by atoms with van der Waals surface area (Å²) in [6.45, 7) is 2.41. The summed E-state index contributed by atoms with van der Waals surface area (Å²) in [6.07, 6.45) is 1.44. The van der Waals surface area contributed by atoms with Gasteiger partial charge in [-0.1, -0.05) is 17.7 Å². The highest BCUT2D eigenvalue weighted by atomic mass is 32.1. The molecule has 2 heterocycles. The number of rotatable bonds is 6. The number of hydrogen-bond acceptors (Lipinski definition) is 7. The fourth-order valence-corrected chi connectivity index (χ4v) is 3.07. The van der Waals surface area contributed by atoms with Gasteiger partial charge in [-0.2, -0.15) is 0 Å². The molecule has 1 amide bonds. The van der Waals surface area contributed by atoms with E-state index in [1.165, 1.54) is 22.6 Å². The second-order valence-electron chi connectivity index (χ2n) is 5.68. The number of aliphatic hydroxyl groups is 1. The standard InChI is InChI=1S/C18H19N5O2S/c1-12-3-5-13(6-4-12)17(25)23(2)18-22-15(10-26-18)14-9-16(19-7-8-24)21-11-20-14/h3-6,9-11,24H,7-8H2,1-2H3,(H,19,20,21). The molecule has 2 N–H and O–H groups in total. The maximum Gasteiger partial charge on any atom is 0.259 e. The molecule has 2 aromatic heterocycles. The van der Waals surface area contributed by atoms with Crippen molar-refractivity contribution in [3.63, 3.8) is 0 Å². The zero-order chi connectivity index (χ0) is 18.5. The van der Waals surface area contributed by atoms with Crippen LogP contribution in [0, 0.1) is 6.92 Å². The third-order valence-corrected chi connectivity index (χ3v) is 4.65. The summed E-state index contributed by atoms with van der Waals surface area (Å²) in [7, 11) is 1.71. The molecule has 26 heavy (non-hydrogen) atoms. The number of carbonyl (C=O) groups excluding carboxylic acids is 1. The number of carbonyl (C=O) groups is 1. The highest BCUT2D eigenvalue weighted by molar-refractivity contribution is 7.14. The van der Waals surface area contributed by atoms with Gasteiger partial charge >= 0.3 is 0 Å². The number of aryl methyl sites for hydroxylation is 1. The Balaban J connectivity index is 1.78. The zero-order valence-electron chi connectivity index (χ0n) is 14.5. The van der Waals surface area contributed by atoms with Gasteiger partial charge in [0.2, 0.25) is 0 Å². The Morgan fingerprint density at radius 2 is 2.00 bits per heavy atom. The first-order chi connectivity index (χ1) is 12.6. The summed E-state index contributed by atoms with van der Waals surface area (Å²) in [5.41, 5.74) is 3.05. The first-order valence-electron chi connectivity index (χ1n) is 8.06. The van der Waals surface area contributed by atoms with E-state index in [1.807, 2.05) is 36.6 Å². The van der Waals surface area contributed by atoms with E-state index in [0.717, 1.165) is 5.56 Å². The van der Waals surface area contributed by atoms with E-state index in [2.05, 4.69) is 20.3 Å². The molecule has 0 unspecified atom stereocenters. The van der Waals surface area contributed by atoms with Crippen molar-refractivity contribution in [1.82, 2.24) is 15.0 Å². The summed E-state index contributed by atoms with van der Waals surface area (Å²) in [6, 6.07) is 9.21. The van der Waals surface area contributed by atoms with E-state index < -0.39 is 0 Å². The van der Waals surface area contributed by atoms with Gasteiger partial charge in [0.15, 0.2) is 5.13 Å². The molecule has 3 rings (SSSR count). The van der Waals surface area contributed by atoms with Gasteiger partial charge in [0.05, 0.1) is 12.3 Å². The van der Waals surface area contributed by atoms with Gasteiger partial charge in [0.1, 0.15) is 17.8 Å².